The molecular formula is C18H37N5O3. The van der Waals surface area contributed by atoms with Crippen LogP contribution in [0, 0.1) is 0 Å². The Kier molecular flexibility index (Phi) is 9.15. The first-order valence-corrected chi connectivity index (χ1v) is 9.35. The van der Waals surface area contributed by atoms with Gasteiger partial charge in [-0.25, -0.2) is 4.79 Å². The minimum atomic E-state index is -0.471. The molecule has 1 aliphatic rings. The van der Waals surface area contributed by atoms with Crippen molar-refractivity contribution in [1.82, 2.24) is 20.9 Å². The minimum absolute atomic E-state index is 0.0914. The lowest BCUT2D eigenvalue weighted by molar-refractivity contribution is -0.00501. The number of rotatable bonds is 7. The molecule has 8 nitrogen and oxygen atoms in total. The van der Waals surface area contributed by atoms with E-state index in [0.717, 1.165) is 45.0 Å². The summed E-state index contributed by atoms with van der Waals surface area (Å²) in [6.07, 6.45) is 2.41. The third-order valence-electron chi connectivity index (χ3n) is 4.49. The van der Waals surface area contributed by atoms with Crippen molar-refractivity contribution < 1.29 is 14.3 Å². The SMILES string of the molecule is CN=C(NCCCNC(=O)OC(C)(C)C)NCC1(N(C)C)CCOCC1. The predicted octanol–water partition coefficient (Wildman–Crippen LogP) is 1.18. The van der Waals surface area contributed by atoms with Crippen LogP contribution in [0.15, 0.2) is 4.99 Å². The summed E-state index contributed by atoms with van der Waals surface area (Å²) >= 11 is 0. The van der Waals surface area contributed by atoms with Gasteiger partial charge >= 0.3 is 6.09 Å². The number of hydrogen-bond acceptors (Lipinski definition) is 5. The second-order valence-corrected chi connectivity index (χ2v) is 7.87. The first-order chi connectivity index (χ1) is 12.2. The van der Waals surface area contributed by atoms with Crippen LogP contribution in [-0.2, 0) is 9.47 Å². The molecule has 0 saturated carbocycles. The lowest BCUT2D eigenvalue weighted by atomic mass is 9.88. The zero-order chi connectivity index (χ0) is 19.6. The molecule has 1 heterocycles. The summed E-state index contributed by atoms with van der Waals surface area (Å²) in [6, 6.07) is 0. The van der Waals surface area contributed by atoms with Crippen LogP contribution in [0.5, 0.6) is 0 Å². The third kappa shape index (κ3) is 8.23. The van der Waals surface area contributed by atoms with Crippen LogP contribution in [0.2, 0.25) is 0 Å². The highest BCUT2D eigenvalue weighted by Gasteiger charge is 2.34. The fourth-order valence-corrected chi connectivity index (χ4v) is 2.80. The Balaban J connectivity index is 2.27. The maximum absolute atomic E-state index is 11.6. The van der Waals surface area contributed by atoms with Gasteiger partial charge < -0.3 is 30.3 Å². The highest BCUT2D eigenvalue weighted by atomic mass is 16.6. The number of guanidine groups is 1. The average molecular weight is 372 g/mol. The summed E-state index contributed by atoms with van der Waals surface area (Å²) in [4.78, 5) is 18.1. The zero-order valence-electron chi connectivity index (χ0n) is 17.3. The van der Waals surface area contributed by atoms with E-state index in [4.69, 9.17) is 9.47 Å². The van der Waals surface area contributed by atoms with E-state index in [9.17, 15) is 4.79 Å². The van der Waals surface area contributed by atoms with Gasteiger partial charge in [-0.15, -0.1) is 0 Å². The predicted molar refractivity (Wildman–Crippen MR) is 105 cm³/mol. The van der Waals surface area contributed by atoms with Gasteiger partial charge in [-0.2, -0.15) is 0 Å². The Morgan fingerprint density at radius 3 is 2.31 bits per heavy atom. The number of hydrogen-bond donors (Lipinski definition) is 3. The van der Waals surface area contributed by atoms with Crippen molar-refractivity contribution in [1.29, 1.82) is 0 Å². The molecule has 0 aromatic carbocycles. The van der Waals surface area contributed by atoms with Gasteiger partial charge in [0.1, 0.15) is 5.60 Å². The van der Waals surface area contributed by atoms with Gasteiger partial charge in [0.15, 0.2) is 5.96 Å². The summed E-state index contributed by atoms with van der Waals surface area (Å²) < 4.78 is 10.7. The van der Waals surface area contributed by atoms with Gasteiger partial charge in [-0.3, -0.25) is 4.99 Å². The quantitative estimate of drug-likeness (QED) is 0.354. The van der Waals surface area contributed by atoms with E-state index in [1.165, 1.54) is 0 Å². The zero-order valence-corrected chi connectivity index (χ0v) is 17.3. The molecule has 1 amide bonds. The highest BCUT2D eigenvalue weighted by molar-refractivity contribution is 5.79. The third-order valence-corrected chi connectivity index (χ3v) is 4.49. The molecule has 1 saturated heterocycles. The van der Waals surface area contributed by atoms with Crippen molar-refractivity contribution in [2.45, 2.75) is 51.2 Å². The number of nitrogens with one attached hydrogen (secondary N) is 3. The number of amides is 1. The molecule has 0 aromatic heterocycles. The Hall–Kier alpha value is -1.54. The van der Waals surface area contributed by atoms with Crippen molar-refractivity contribution in [3.8, 4) is 0 Å². The molecule has 0 unspecified atom stereocenters. The molecule has 0 spiro atoms. The number of nitrogens with zero attached hydrogens (tertiary/aromatic N) is 2. The van der Waals surface area contributed by atoms with Crippen LogP contribution in [0.4, 0.5) is 4.79 Å². The molecule has 0 aromatic rings. The first-order valence-electron chi connectivity index (χ1n) is 9.35. The van der Waals surface area contributed by atoms with Crippen molar-refractivity contribution >= 4 is 12.1 Å². The number of ether oxygens (including phenoxy) is 2. The second-order valence-electron chi connectivity index (χ2n) is 7.87. The molecule has 1 rings (SSSR count). The van der Waals surface area contributed by atoms with Crippen LogP contribution in [0.3, 0.4) is 0 Å². The van der Waals surface area contributed by atoms with Crippen molar-refractivity contribution in [2.24, 2.45) is 4.99 Å². The Bertz CT molecular complexity index is 454. The maximum atomic E-state index is 11.6. The van der Waals surface area contributed by atoms with E-state index in [0.29, 0.717) is 13.1 Å². The molecule has 3 N–H and O–H groups in total. The molecule has 1 aliphatic heterocycles. The highest BCUT2D eigenvalue weighted by Crippen LogP contribution is 2.24. The lowest BCUT2D eigenvalue weighted by Gasteiger charge is -2.43. The van der Waals surface area contributed by atoms with E-state index in [2.05, 4.69) is 39.9 Å². The van der Waals surface area contributed by atoms with Gasteiger partial charge in [-0.1, -0.05) is 0 Å². The molecule has 0 radical (unpaired) electrons. The number of alkyl carbamates (subject to hydrolysis) is 1. The summed E-state index contributed by atoms with van der Waals surface area (Å²) in [7, 11) is 6.00. The topological polar surface area (TPSA) is 87.2 Å². The largest absolute Gasteiger partial charge is 0.444 e. The monoisotopic (exact) mass is 371 g/mol. The minimum Gasteiger partial charge on any atom is -0.444 e. The molecule has 0 aliphatic carbocycles. The number of likely N-dealkylation sites (N-methyl/N-ethyl adjacent to an activating group) is 1. The van der Waals surface area contributed by atoms with Crippen molar-refractivity contribution in [3.63, 3.8) is 0 Å². The first kappa shape index (κ1) is 22.5. The van der Waals surface area contributed by atoms with E-state index < -0.39 is 5.60 Å². The normalized spacial score (nSPS) is 17.7. The van der Waals surface area contributed by atoms with Crippen molar-refractivity contribution in [2.75, 3.05) is 54.0 Å². The summed E-state index contributed by atoms with van der Waals surface area (Å²) in [6.45, 7) is 9.23. The van der Waals surface area contributed by atoms with Gasteiger partial charge in [0.25, 0.3) is 0 Å². The van der Waals surface area contributed by atoms with Crippen LogP contribution in [0.1, 0.15) is 40.0 Å². The molecule has 8 heteroatoms. The molecule has 1 fully saturated rings. The number of aliphatic imine (C=N–C) groups is 1. The molecule has 0 atom stereocenters. The summed E-state index contributed by atoms with van der Waals surface area (Å²) in [5.41, 5.74) is -0.380. The van der Waals surface area contributed by atoms with Gasteiger partial charge in [-0.05, 0) is 54.1 Å². The Labute approximate surface area is 158 Å². The Morgan fingerprint density at radius 1 is 1.15 bits per heavy atom. The fraction of sp³-hybridized carbons (Fsp3) is 0.889. The van der Waals surface area contributed by atoms with Gasteiger partial charge in [0.2, 0.25) is 0 Å². The number of carbonyl (C=O) groups is 1. The lowest BCUT2D eigenvalue weighted by Crippen LogP contribution is -2.57. The number of carbonyl (C=O) groups excluding carboxylic acids is 1. The molecule has 26 heavy (non-hydrogen) atoms. The van der Waals surface area contributed by atoms with Gasteiger partial charge in [0.05, 0.1) is 0 Å². The molecular weight excluding hydrogens is 334 g/mol. The van der Waals surface area contributed by atoms with Crippen LogP contribution in [0.25, 0.3) is 0 Å². The van der Waals surface area contributed by atoms with Crippen LogP contribution in [-0.4, -0.2) is 82.1 Å². The van der Waals surface area contributed by atoms with Crippen molar-refractivity contribution in [3.05, 3.63) is 0 Å². The van der Waals surface area contributed by atoms with Gasteiger partial charge in [0, 0.05) is 45.4 Å². The fourth-order valence-electron chi connectivity index (χ4n) is 2.80. The van der Waals surface area contributed by atoms with E-state index >= 15 is 0 Å². The van der Waals surface area contributed by atoms with E-state index in [1.807, 2.05) is 20.8 Å². The van der Waals surface area contributed by atoms with Crippen LogP contribution >= 0.6 is 0 Å². The Morgan fingerprint density at radius 2 is 1.77 bits per heavy atom. The molecule has 0 bridgehead atoms. The summed E-state index contributed by atoms with van der Waals surface area (Å²) in [5, 5.41) is 9.46. The van der Waals surface area contributed by atoms with E-state index in [1.54, 1.807) is 7.05 Å². The smallest absolute Gasteiger partial charge is 0.407 e. The second kappa shape index (κ2) is 10.6. The maximum Gasteiger partial charge on any atom is 0.407 e. The summed E-state index contributed by atoms with van der Waals surface area (Å²) in [5.74, 6) is 0.773. The standard InChI is InChI=1S/C18H37N5O3/c1-17(2,3)26-16(24)21-11-7-10-20-15(19-4)22-14-18(23(5)6)8-12-25-13-9-18/h7-14H2,1-6H3,(H,21,24)(H2,19,20,22). The van der Waals surface area contributed by atoms with Crippen LogP contribution < -0.4 is 16.0 Å². The average Bonchev–Trinajstić information content (AvgIpc) is 2.56. The molecule has 152 valence electrons. The van der Waals surface area contributed by atoms with E-state index in [-0.39, 0.29) is 11.6 Å².